The van der Waals surface area contributed by atoms with Crippen molar-refractivity contribution in [2.75, 3.05) is 39.4 Å². The average Bonchev–Trinajstić information content (AvgIpc) is 2.46. The van der Waals surface area contributed by atoms with Gasteiger partial charge in [0.25, 0.3) is 0 Å². The van der Waals surface area contributed by atoms with Crippen LogP contribution in [0.25, 0.3) is 0 Å². The fourth-order valence-corrected chi connectivity index (χ4v) is 2.99. The first-order chi connectivity index (χ1) is 8.74. The molecule has 0 radical (unpaired) electrons. The fourth-order valence-electron chi connectivity index (χ4n) is 2.99. The molecule has 0 aromatic heterocycles. The second-order valence-corrected chi connectivity index (χ2v) is 5.33. The highest BCUT2D eigenvalue weighted by Gasteiger charge is 2.30. The van der Waals surface area contributed by atoms with Gasteiger partial charge in [-0.3, -0.25) is 9.80 Å². The Balaban J connectivity index is 1.78. The van der Waals surface area contributed by atoms with Crippen molar-refractivity contribution in [2.45, 2.75) is 44.6 Å². The normalized spacial score (nSPS) is 30.5. The first-order valence-electron chi connectivity index (χ1n) is 7.13. The van der Waals surface area contributed by atoms with Gasteiger partial charge in [-0.1, -0.05) is 6.92 Å². The third kappa shape index (κ3) is 3.42. The molecule has 0 saturated carbocycles. The van der Waals surface area contributed by atoms with E-state index in [2.05, 4.69) is 9.80 Å². The Morgan fingerprint density at radius 3 is 2.61 bits per heavy atom. The number of hydrogen-bond donors (Lipinski definition) is 2. The van der Waals surface area contributed by atoms with Crippen molar-refractivity contribution in [1.29, 1.82) is 0 Å². The number of rotatable bonds is 4. The van der Waals surface area contributed by atoms with Crippen LogP contribution in [-0.4, -0.2) is 77.8 Å². The Bertz CT molecular complexity index is 244. The number of aliphatic hydroxyl groups is 2. The van der Waals surface area contributed by atoms with Gasteiger partial charge in [0.1, 0.15) is 6.23 Å². The van der Waals surface area contributed by atoms with Crippen LogP contribution in [-0.2, 0) is 4.74 Å². The lowest BCUT2D eigenvalue weighted by molar-refractivity contribution is -0.0803. The first-order valence-corrected chi connectivity index (χ1v) is 7.13. The minimum Gasteiger partial charge on any atom is -0.394 e. The number of likely N-dealkylation sites (tertiary alicyclic amines) is 1. The summed E-state index contributed by atoms with van der Waals surface area (Å²) in [4.78, 5) is 4.61. The van der Waals surface area contributed by atoms with Crippen molar-refractivity contribution in [3.63, 3.8) is 0 Å². The predicted molar refractivity (Wildman–Crippen MR) is 69.3 cm³/mol. The molecule has 1 unspecified atom stereocenters. The predicted octanol–water partition coefficient (Wildman–Crippen LogP) is -0.128. The first kappa shape index (κ1) is 14.2. The van der Waals surface area contributed by atoms with E-state index < -0.39 is 0 Å². The van der Waals surface area contributed by atoms with Crippen LogP contribution in [0, 0.1) is 0 Å². The maximum atomic E-state index is 9.82. The number of hydrogen-bond acceptors (Lipinski definition) is 5. The number of morpholine rings is 1. The van der Waals surface area contributed by atoms with E-state index in [1.54, 1.807) is 0 Å². The summed E-state index contributed by atoms with van der Waals surface area (Å²) in [5.74, 6) is 0. The molecule has 106 valence electrons. The molecular formula is C13H26N2O3. The van der Waals surface area contributed by atoms with E-state index >= 15 is 0 Å². The van der Waals surface area contributed by atoms with Gasteiger partial charge in [-0.2, -0.15) is 0 Å². The van der Waals surface area contributed by atoms with Gasteiger partial charge < -0.3 is 14.9 Å². The van der Waals surface area contributed by atoms with E-state index in [0.717, 1.165) is 52.0 Å². The van der Waals surface area contributed by atoms with Gasteiger partial charge in [0.15, 0.2) is 0 Å². The molecule has 2 rings (SSSR count). The molecule has 0 bridgehead atoms. The molecule has 5 nitrogen and oxygen atoms in total. The molecule has 2 atom stereocenters. The van der Waals surface area contributed by atoms with Crippen molar-refractivity contribution in [3.05, 3.63) is 0 Å². The van der Waals surface area contributed by atoms with Crippen molar-refractivity contribution in [1.82, 2.24) is 9.80 Å². The Hall–Kier alpha value is -0.200. The number of aliphatic hydroxyl groups excluding tert-OH is 2. The summed E-state index contributed by atoms with van der Waals surface area (Å²) >= 11 is 0. The standard InChI is InChI=1S/C13H26N2O3/c1-2-13(17)14-5-3-11(4-6-14)15-7-8-18-12(9-15)10-16/h11-13,16-17H,2-10H2,1H3/t12-,13?/m1/s1. The van der Waals surface area contributed by atoms with Crippen molar-refractivity contribution < 1.29 is 14.9 Å². The second-order valence-electron chi connectivity index (χ2n) is 5.33. The topological polar surface area (TPSA) is 56.2 Å². The SMILES string of the molecule is CCC(O)N1CCC(N2CCO[C@@H](CO)C2)CC1. The lowest BCUT2D eigenvalue weighted by Crippen LogP contribution is -2.53. The Labute approximate surface area is 109 Å². The Morgan fingerprint density at radius 2 is 2.00 bits per heavy atom. The maximum absolute atomic E-state index is 9.82. The highest BCUT2D eigenvalue weighted by atomic mass is 16.5. The molecule has 0 aromatic rings. The largest absolute Gasteiger partial charge is 0.394 e. The van der Waals surface area contributed by atoms with Crippen LogP contribution in [0.4, 0.5) is 0 Å². The minimum atomic E-state index is -0.277. The van der Waals surface area contributed by atoms with E-state index in [0.29, 0.717) is 6.04 Å². The second kappa shape index (κ2) is 6.82. The van der Waals surface area contributed by atoms with E-state index in [1.165, 1.54) is 0 Å². The number of ether oxygens (including phenoxy) is 1. The zero-order chi connectivity index (χ0) is 13.0. The third-order valence-electron chi connectivity index (χ3n) is 4.18. The zero-order valence-electron chi connectivity index (χ0n) is 11.3. The van der Waals surface area contributed by atoms with E-state index in [1.807, 2.05) is 6.92 Å². The van der Waals surface area contributed by atoms with Crippen LogP contribution in [0.2, 0.25) is 0 Å². The van der Waals surface area contributed by atoms with Crippen molar-refractivity contribution in [2.24, 2.45) is 0 Å². The molecular weight excluding hydrogens is 232 g/mol. The van der Waals surface area contributed by atoms with Gasteiger partial charge in [-0.05, 0) is 19.3 Å². The fraction of sp³-hybridized carbons (Fsp3) is 1.00. The van der Waals surface area contributed by atoms with Gasteiger partial charge in [0.2, 0.25) is 0 Å². The third-order valence-corrected chi connectivity index (χ3v) is 4.18. The molecule has 2 heterocycles. The molecule has 2 aliphatic rings. The van der Waals surface area contributed by atoms with Crippen LogP contribution in [0.15, 0.2) is 0 Å². The lowest BCUT2D eigenvalue weighted by Gasteiger charge is -2.42. The number of nitrogens with zero attached hydrogens (tertiary/aromatic N) is 2. The Kier molecular flexibility index (Phi) is 5.38. The van der Waals surface area contributed by atoms with Gasteiger partial charge in [0, 0.05) is 32.2 Å². The molecule has 0 amide bonds. The van der Waals surface area contributed by atoms with E-state index in [4.69, 9.17) is 9.84 Å². The van der Waals surface area contributed by atoms with Crippen molar-refractivity contribution in [3.8, 4) is 0 Å². The van der Waals surface area contributed by atoms with Gasteiger partial charge in [-0.15, -0.1) is 0 Å². The molecule has 0 spiro atoms. The van der Waals surface area contributed by atoms with Crippen LogP contribution in [0.5, 0.6) is 0 Å². The summed E-state index contributed by atoms with van der Waals surface area (Å²) in [6.45, 7) is 6.62. The number of piperidine rings is 1. The quantitative estimate of drug-likeness (QED) is 0.736. The lowest BCUT2D eigenvalue weighted by atomic mass is 10.0. The van der Waals surface area contributed by atoms with E-state index in [-0.39, 0.29) is 18.9 Å². The average molecular weight is 258 g/mol. The van der Waals surface area contributed by atoms with Crippen molar-refractivity contribution >= 4 is 0 Å². The minimum absolute atomic E-state index is 0.0157. The summed E-state index contributed by atoms with van der Waals surface area (Å²) in [5.41, 5.74) is 0. The van der Waals surface area contributed by atoms with Gasteiger partial charge >= 0.3 is 0 Å². The Morgan fingerprint density at radius 1 is 1.28 bits per heavy atom. The highest BCUT2D eigenvalue weighted by Crippen LogP contribution is 2.20. The molecule has 5 heteroatoms. The summed E-state index contributed by atoms with van der Waals surface area (Å²) in [5, 5.41) is 19.0. The van der Waals surface area contributed by atoms with Gasteiger partial charge in [0.05, 0.1) is 19.3 Å². The summed E-state index contributed by atoms with van der Waals surface area (Å²) in [6.07, 6.45) is 2.72. The molecule has 18 heavy (non-hydrogen) atoms. The molecule has 0 aromatic carbocycles. The molecule has 2 fully saturated rings. The monoisotopic (exact) mass is 258 g/mol. The molecule has 2 saturated heterocycles. The van der Waals surface area contributed by atoms with Gasteiger partial charge in [-0.25, -0.2) is 0 Å². The van der Waals surface area contributed by atoms with Crippen LogP contribution < -0.4 is 0 Å². The van der Waals surface area contributed by atoms with Crippen LogP contribution in [0.3, 0.4) is 0 Å². The van der Waals surface area contributed by atoms with E-state index in [9.17, 15) is 5.11 Å². The summed E-state index contributed by atoms with van der Waals surface area (Å²) in [6, 6.07) is 0.586. The smallest absolute Gasteiger partial charge is 0.107 e. The summed E-state index contributed by atoms with van der Waals surface area (Å²) < 4.78 is 5.48. The maximum Gasteiger partial charge on any atom is 0.107 e. The van der Waals surface area contributed by atoms with Crippen LogP contribution >= 0.6 is 0 Å². The summed E-state index contributed by atoms with van der Waals surface area (Å²) in [7, 11) is 0. The molecule has 2 N–H and O–H groups in total. The van der Waals surface area contributed by atoms with Crippen LogP contribution in [0.1, 0.15) is 26.2 Å². The zero-order valence-corrected chi connectivity index (χ0v) is 11.3. The molecule has 2 aliphatic heterocycles. The molecule has 0 aliphatic carbocycles. The highest BCUT2D eigenvalue weighted by molar-refractivity contribution is 4.83.